The van der Waals surface area contributed by atoms with Gasteiger partial charge in [0.25, 0.3) is 0 Å². The van der Waals surface area contributed by atoms with Crippen LogP contribution in [-0.2, 0) is 38.1 Å². The number of esters is 4. The number of hydrogen-bond acceptors (Lipinski definition) is 9. The van der Waals surface area contributed by atoms with Crippen molar-refractivity contribution in [2.45, 2.75) is 6.04 Å². The van der Waals surface area contributed by atoms with Gasteiger partial charge in [-0.05, 0) is 6.08 Å². The fourth-order valence-electron chi connectivity index (χ4n) is 3.15. The zero-order valence-corrected chi connectivity index (χ0v) is 14.1. The second kappa shape index (κ2) is 6.88. The Morgan fingerprint density at radius 1 is 0.960 bits per heavy atom. The fraction of sp³-hybridized carbons (Fsp3) is 0.438. The van der Waals surface area contributed by atoms with Crippen LogP contribution in [0.1, 0.15) is 0 Å². The maximum absolute atomic E-state index is 12.7. The summed E-state index contributed by atoms with van der Waals surface area (Å²) in [7, 11) is 4.45. The van der Waals surface area contributed by atoms with Gasteiger partial charge in [-0.3, -0.25) is 14.6 Å². The minimum Gasteiger partial charge on any atom is -0.469 e. The van der Waals surface area contributed by atoms with Gasteiger partial charge in [-0.15, -0.1) is 0 Å². The highest BCUT2D eigenvalue weighted by molar-refractivity contribution is 6.25. The summed E-state index contributed by atoms with van der Waals surface area (Å²) in [6.07, 6.45) is 4.19. The van der Waals surface area contributed by atoms with Crippen LogP contribution >= 0.6 is 0 Å². The van der Waals surface area contributed by atoms with Crippen LogP contribution in [0.2, 0.25) is 0 Å². The van der Waals surface area contributed by atoms with Gasteiger partial charge in [0.2, 0.25) is 0 Å². The first-order valence-electron chi connectivity index (χ1n) is 7.19. The van der Waals surface area contributed by atoms with Gasteiger partial charge in [-0.25, -0.2) is 9.59 Å². The van der Waals surface area contributed by atoms with E-state index in [-0.39, 0.29) is 11.3 Å². The maximum atomic E-state index is 12.7. The van der Waals surface area contributed by atoms with Crippen LogP contribution < -0.4 is 0 Å². The predicted molar refractivity (Wildman–Crippen MR) is 82.4 cm³/mol. The SMILES string of the molecule is COC(=O)C1=CC=CC2=N[C@H](C(=O)OC)[C@@H](C(=O)OC)[C@@]12C(=O)OC. The minimum absolute atomic E-state index is 0.0213. The molecule has 0 amide bonds. The number of fused-ring (bicyclic) bond motifs is 1. The van der Waals surface area contributed by atoms with Gasteiger partial charge < -0.3 is 18.9 Å². The second-order valence-electron chi connectivity index (χ2n) is 5.21. The zero-order chi connectivity index (χ0) is 18.8. The summed E-state index contributed by atoms with van der Waals surface area (Å²) in [5, 5.41) is 0. The summed E-state index contributed by atoms with van der Waals surface area (Å²) in [4.78, 5) is 53.8. The van der Waals surface area contributed by atoms with Crippen molar-refractivity contribution in [1.29, 1.82) is 0 Å². The molecule has 0 unspecified atom stereocenters. The average Bonchev–Trinajstić information content (AvgIpc) is 3.01. The molecule has 9 nitrogen and oxygen atoms in total. The number of ether oxygens (including phenoxy) is 4. The maximum Gasteiger partial charge on any atom is 0.335 e. The third-order valence-corrected chi connectivity index (χ3v) is 4.22. The number of carbonyl (C=O) groups is 4. The van der Waals surface area contributed by atoms with Crippen LogP contribution in [0.5, 0.6) is 0 Å². The molecule has 2 rings (SSSR count). The van der Waals surface area contributed by atoms with E-state index in [2.05, 4.69) is 9.73 Å². The van der Waals surface area contributed by atoms with E-state index in [1.165, 1.54) is 18.2 Å². The number of aliphatic imine (C=N–C) groups is 1. The Hall–Kier alpha value is -2.97. The summed E-state index contributed by atoms with van der Waals surface area (Å²) in [6.45, 7) is 0. The first kappa shape index (κ1) is 18.4. The second-order valence-corrected chi connectivity index (χ2v) is 5.21. The van der Waals surface area contributed by atoms with Gasteiger partial charge in [-0.2, -0.15) is 0 Å². The molecule has 1 aliphatic carbocycles. The zero-order valence-electron chi connectivity index (χ0n) is 14.1. The number of rotatable bonds is 4. The topological polar surface area (TPSA) is 118 Å². The van der Waals surface area contributed by atoms with E-state index in [9.17, 15) is 19.2 Å². The van der Waals surface area contributed by atoms with Crippen LogP contribution in [0.4, 0.5) is 0 Å². The van der Waals surface area contributed by atoms with Crippen molar-refractivity contribution in [3.8, 4) is 0 Å². The molecule has 0 bridgehead atoms. The number of nitrogens with zero attached hydrogens (tertiary/aromatic N) is 1. The third kappa shape index (κ3) is 2.51. The lowest BCUT2D eigenvalue weighted by atomic mass is 9.64. The molecule has 1 heterocycles. The molecular formula is C16H17NO8. The smallest absolute Gasteiger partial charge is 0.335 e. The van der Waals surface area contributed by atoms with Gasteiger partial charge in [0, 0.05) is 0 Å². The van der Waals surface area contributed by atoms with Crippen LogP contribution in [0.15, 0.2) is 28.8 Å². The van der Waals surface area contributed by atoms with Crippen LogP contribution in [-0.4, -0.2) is 64.1 Å². The highest BCUT2D eigenvalue weighted by Gasteiger charge is 2.66. The summed E-state index contributed by atoms with van der Waals surface area (Å²) >= 11 is 0. The molecule has 3 atom stereocenters. The molecule has 0 aromatic carbocycles. The minimum atomic E-state index is -1.96. The molecule has 0 radical (unpaired) electrons. The first-order chi connectivity index (χ1) is 11.9. The fourth-order valence-corrected chi connectivity index (χ4v) is 3.15. The molecule has 25 heavy (non-hydrogen) atoms. The molecule has 0 N–H and O–H groups in total. The van der Waals surface area contributed by atoms with Crippen LogP contribution in [0, 0.1) is 11.3 Å². The summed E-state index contributed by atoms with van der Waals surface area (Å²) in [5.74, 6) is -5.03. The van der Waals surface area contributed by atoms with Crippen LogP contribution in [0.3, 0.4) is 0 Å². The molecule has 0 spiro atoms. The molecule has 0 aromatic rings. The molecule has 0 aromatic heterocycles. The van der Waals surface area contributed by atoms with Crippen molar-refractivity contribution < 1.29 is 38.1 Å². The molecule has 0 saturated carbocycles. The van der Waals surface area contributed by atoms with E-state index in [0.717, 1.165) is 28.4 Å². The molecule has 9 heteroatoms. The van der Waals surface area contributed by atoms with Crippen LogP contribution in [0.25, 0.3) is 0 Å². The third-order valence-electron chi connectivity index (χ3n) is 4.22. The lowest BCUT2D eigenvalue weighted by Crippen LogP contribution is -2.53. The lowest BCUT2D eigenvalue weighted by Gasteiger charge is -2.34. The standard InChI is InChI=1S/C16H17NO8/c1-22-12(18)8-6-5-7-9-16(8,15(21)25-4)10(13(19)23-2)11(17-9)14(20)24-3/h5-7,10-11H,1-4H3/t10-,11-,16+/m0/s1. The molecular weight excluding hydrogens is 334 g/mol. The molecule has 0 fully saturated rings. The summed E-state index contributed by atoms with van der Waals surface area (Å²) < 4.78 is 19.0. The molecule has 134 valence electrons. The van der Waals surface area contributed by atoms with Crippen molar-refractivity contribution in [3.63, 3.8) is 0 Å². The van der Waals surface area contributed by atoms with Crippen molar-refractivity contribution in [2.75, 3.05) is 28.4 Å². The Labute approximate surface area is 143 Å². The number of allylic oxidation sites excluding steroid dienone is 3. The Bertz CT molecular complexity index is 720. The normalized spacial score (nSPS) is 26.7. The molecule has 0 saturated heterocycles. The summed E-state index contributed by atoms with van der Waals surface area (Å²) in [5.41, 5.74) is -2.11. The first-order valence-corrected chi connectivity index (χ1v) is 7.19. The van der Waals surface area contributed by atoms with Gasteiger partial charge in [-0.1, -0.05) is 12.2 Å². The van der Waals surface area contributed by atoms with E-state index < -0.39 is 41.3 Å². The van der Waals surface area contributed by atoms with Gasteiger partial charge in [0.1, 0.15) is 5.92 Å². The Morgan fingerprint density at radius 2 is 1.60 bits per heavy atom. The van der Waals surface area contributed by atoms with E-state index in [0.29, 0.717) is 0 Å². The van der Waals surface area contributed by atoms with E-state index in [1.807, 2.05) is 0 Å². The average molecular weight is 351 g/mol. The quantitative estimate of drug-likeness (QED) is 0.496. The monoisotopic (exact) mass is 351 g/mol. The van der Waals surface area contributed by atoms with E-state index in [4.69, 9.17) is 14.2 Å². The van der Waals surface area contributed by atoms with Crippen molar-refractivity contribution >= 4 is 29.6 Å². The number of methoxy groups -OCH3 is 4. The van der Waals surface area contributed by atoms with Crippen molar-refractivity contribution in [1.82, 2.24) is 0 Å². The summed E-state index contributed by atoms with van der Waals surface area (Å²) in [6, 6.07) is -1.37. The van der Waals surface area contributed by atoms with Crippen molar-refractivity contribution in [3.05, 3.63) is 23.8 Å². The van der Waals surface area contributed by atoms with Gasteiger partial charge in [0.15, 0.2) is 11.5 Å². The Kier molecular flexibility index (Phi) is 5.05. The Morgan fingerprint density at radius 3 is 2.12 bits per heavy atom. The number of carbonyl (C=O) groups excluding carboxylic acids is 4. The lowest BCUT2D eigenvalue weighted by molar-refractivity contribution is -0.164. The van der Waals surface area contributed by atoms with Crippen molar-refractivity contribution in [2.24, 2.45) is 16.3 Å². The van der Waals surface area contributed by atoms with Gasteiger partial charge in [0.05, 0.1) is 39.7 Å². The predicted octanol–water partition coefficient (Wildman–Crippen LogP) is -0.400. The molecule has 2 aliphatic rings. The largest absolute Gasteiger partial charge is 0.469 e. The highest BCUT2D eigenvalue weighted by atomic mass is 16.5. The van der Waals surface area contributed by atoms with E-state index >= 15 is 0 Å². The van der Waals surface area contributed by atoms with Gasteiger partial charge >= 0.3 is 23.9 Å². The highest BCUT2D eigenvalue weighted by Crippen LogP contribution is 2.49. The molecule has 1 aliphatic heterocycles. The number of hydrogen-bond donors (Lipinski definition) is 0. The Balaban J connectivity index is 2.78. The van der Waals surface area contributed by atoms with E-state index in [1.54, 1.807) is 0 Å².